The van der Waals surface area contributed by atoms with Gasteiger partial charge in [-0.1, -0.05) is 20.8 Å². The third kappa shape index (κ3) is 2.07. The SMILES string of the molecule is Cc1nn(C)cc1-n1c(C(C)(C)C)c[nH]c1=S. The molecule has 4 nitrogen and oxygen atoms in total. The van der Waals surface area contributed by atoms with Crippen LogP contribution in [-0.2, 0) is 12.5 Å². The minimum absolute atomic E-state index is 0.0375. The summed E-state index contributed by atoms with van der Waals surface area (Å²) >= 11 is 5.36. The number of aromatic amines is 1. The van der Waals surface area contributed by atoms with Crippen LogP contribution < -0.4 is 0 Å². The summed E-state index contributed by atoms with van der Waals surface area (Å²) in [6.45, 7) is 8.52. The molecule has 2 aromatic heterocycles. The van der Waals surface area contributed by atoms with Crippen LogP contribution in [0.5, 0.6) is 0 Å². The Hall–Kier alpha value is -1.36. The second-order valence-corrected chi connectivity index (χ2v) is 5.72. The Bertz CT molecular complexity index is 595. The minimum Gasteiger partial charge on any atom is -0.337 e. The molecule has 0 atom stereocenters. The molecule has 0 aromatic carbocycles. The van der Waals surface area contributed by atoms with Crippen molar-refractivity contribution >= 4 is 12.2 Å². The first-order chi connectivity index (χ1) is 7.80. The molecule has 0 aliphatic rings. The third-order valence-electron chi connectivity index (χ3n) is 2.77. The van der Waals surface area contributed by atoms with E-state index in [1.807, 2.05) is 31.0 Å². The predicted octanol–water partition coefficient (Wildman–Crippen LogP) is 2.87. The lowest BCUT2D eigenvalue weighted by molar-refractivity contribution is 0.555. The highest BCUT2D eigenvalue weighted by Crippen LogP contribution is 2.26. The van der Waals surface area contributed by atoms with E-state index in [4.69, 9.17) is 12.2 Å². The van der Waals surface area contributed by atoms with Crippen LogP contribution in [0.4, 0.5) is 0 Å². The number of nitrogens with zero attached hydrogens (tertiary/aromatic N) is 3. The van der Waals surface area contributed by atoms with Crippen molar-refractivity contribution in [2.24, 2.45) is 7.05 Å². The summed E-state index contributed by atoms with van der Waals surface area (Å²) in [7, 11) is 1.92. The first kappa shape index (κ1) is 12.1. The van der Waals surface area contributed by atoms with Crippen LogP contribution >= 0.6 is 12.2 Å². The van der Waals surface area contributed by atoms with E-state index in [0.29, 0.717) is 4.77 Å². The lowest BCUT2D eigenvalue weighted by Gasteiger charge is -2.20. The van der Waals surface area contributed by atoms with Gasteiger partial charge in [-0.15, -0.1) is 0 Å². The highest BCUT2D eigenvalue weighted by atomic mass is 32.1. The van der Waals surface area contributed by atoms with Gasteiger partial charge in [-0.05, 0) is 19.1 Å². The second kappa shape index (κ2) is 3.84. The van der Waals surface area contributed by atoms with Gasteiger partial charge in [-0.3, -0.25) is 9.25 Å². The molecule has 0 spiro atoms. The number of nitrogens with one attached hydrogen (secondary N) is 1. The van der Waals surface area contributed by atoms with E-state index in [-0.39, 0.29) is 5.41 Å². The number of rotatable bonds is 1. The molecule has 0 unspecified atom stereocenters. The quantitative estimate of drug-likeness (QED) is 0.790. The molecule has 1 N–H and O–H groups in total. The molecule has 0 fully saturated rings. The molecule has 0 saturated carbocycles. The minimum atomic E-state index is 0.0375. The van der Waals surface area contributed by atoms with Crippen LogP contribution in [-0.4, -0.2) is 19.3 Å². The van der Waals surface area contributed by atoms with Crippen LogP contribution in [0.2, 0.25) is 0 Å². The van der Waals surface area contributed by atoms with Crippen molar-refractivity contribution < 1.29 is 0 Å². The molecule has 0 bridgehead atoms. The molecule has 2 heterocycles. The highest BCUT2D eigenvalue weighted by Gasteiger charge is 2.21. The summed E-state index contributed by atoms with van der Waals surface area (Å²) in [5.41, 5.74) is 3.23. The molecule has 5 heteroatoms. The number of hydrogen-bond donors (Lipinski definition) is 1. The number of imidazole rings is 1. The number of hydrogen-bond acceptors (Lipinski definition) is 2. The highest BCUT2D eigenvalue weighted by molar-refractivity contribution is 7.71. The number of aromatic nitrogens is 4. The van der Waals surface area contributed by atoms with Crippen LogP contribution in [0.15, 0.2) is 12.4 Å². The number of H-pyrrole nitrogens is 1. The van der Waals surface area contributed by atoms with Gasteiger partial charge in [0.05, 0.1) is 11.4 Å². The van der Waals surface area contributed by atoms with E-state index in [9.17, 15) is 0 Å². The molecular formula is C12H18N4S. The Morgan fingerprint density at radius 1 is 1.35 bits per heavy atom. The Labute approximate surface area is 106 Å². The fourth-order valence-electron chi connectivity index (χ4n) is 1.97. The number of aryl methyl sites for hydroxylation is 2. The van der Waals surface area contributed by atoms with E-state index in [1.54, 1.807) is 0 Å². The Morgan fingerprint density at radius 3 is 2.47 bits per heavy atom. The van der Waals surface area contributed by atoms with Gasteiger partial charge in [-0.2, -0.15) is 5.10 Å². The zero-order valence-corrected chi connectivity index (χ0v) is 11.7. The molecule has 0 amide bonds. The predicted molar refractivity (Wildman–Crippen MR) is 71.2 cm³/mol. The van der Waals surface area contributed by atoms with Crippen LogP contribution in [0, 0.1) is 11.7 Å². The zero-order chi connectivity index (χ0) is 12.8. The molecular weight excluding hydrogens is 232 g/mol. The summed E-state index contributed by atoms with van der Waals surface area (Å²) in [5, 5.41) is 4.37. The van der Waals surface area contributed by atoms with Gasteiger partial charge in [0.2, 0.25) is 0 Å². The Morgan fingerprint density at radius 2 is 2.00 bits per heavy atom. The Kier molecular flexibility index (Phi) is 2.73. The largest absolute Gasteiger partial charge is 0.337 e. The van der Waals surface area contributed by atoms with Crippen molar-refractivity contribution in [2.75, 3.05) is 0 Å². The standard InChI is InChI=1S/C12H18N4S/c1-8-9(7-15(5)14-8)16-10(12(2,3)4)6-13-11(16)17/h6-7H,1-5H3,(H,13,17). The molecule has 0 radical (unpaired) electrons. The summed E-state index contributed by atoms with van der Waals surface area (Å²) in [6, 6.07) is 0. The van der Waals surface area contributed by atoms with Crippen molar-refractivity contribution in [3.8, 4) is 5.69 Å². The van der Waals surface area contributed by atoms with Gasteiger partial charge in [0.1, 0.15) is 0 Å². The maximum absolute atomic E-state index is 5.36. The van der Waals surface area contributed by atoms with Crippen LogP contribution in [0.3, 0.4) is 0 Å². The van der Waals surface area contributed by atoms with Gasteiger partial charge in [0.15, 0.2) is 4.77 Å². The zero-order valence-electron chi connectivity index (χ0n) is 10.9. The van der Waals surface area contributed by atoms with E-state index in [0.717, 1.165) is 11.4 Å². The first-order valence-electron chi connectivity index (χ1n) is 5.62. The van der Waals surface area contributed by atoms with Crippen molar-refractivity contribution in [1.82, 2.24) is 19.3 Å². The topological polar surface area (TPSA) is 38.5 Å². The monoisotopic (exact) mass is 250 g/mol. The van der Waals surface area contributed by atoms with Crippen LogP contribution in [0.25, 0.3) is 5.69 Å². The van der Waals surface area contributed by atoms with Gasteiger partial charge in [-0.25, -0.2) is 0 Å². The van der Waals surface area contributed by atoms with Crippen molar-refractivity contribution in [3.05, 3.63) is 28.6 Å². The normalized spacial score (nSPS) is 12.1. The lowest BCUT2D eigenvalue weighted by atomic mass is 9.92. The maximum Gasteiger partial charge on any atom is 0.182 e. The van der Waals surface area contributed by atoms with E-state index in [1.165, 1.54) is 5.69 Å². The fourth-order valence-corrected chi connectivity index (χ4v) is 2.22. The van der Waals surface area contributed by atoms with E-state index in [2.05, 4.69) is 35.4 Å². The van der Waals surface area contributed by atoms with E-state index >= 15 is 0 Å². The van der Waals surface area contributed by atoms with Crippen LogP contribution in [0.1, 0.15) is 32.2 Å². The molecule has 0 saturated heterocycles. The smallest absolute Gasteiger partial charge is 0.182 e. The summed E-state index contributed by atoms with van der Waals surface area (Å²) in [4.78, 5) is 3.12. The average Bonchev–Trinajstić information content (AvgIpc) is 2.68. The molecule has 92 valence electrons. The molecule has 2 aromatic rings. The molecule has 0 aliphatic carbocycles. The summed E-state index contributed by atoms with van der Waals surface area (Å²) < 4.78 is 4.59. The fraction of sp³-hybridized carbons (Fsp3) is 0.500. The Balaban J connectivity index is 2.71. The summed E-state index contributed by atoms with van der Waals surface area (Å²) in [6.07, 6.45) is 3.98. The molecule has 17 heavy (non-hydrogen) atoms. The van der Waals surface area contributed by atoms with Crippen molar-refractivity contribution in [1.29, 1.82) is 0 Å². The molecule has 0 aliphatic heterocycles. The van der Waals surface area contributed by atoms with Crippen molar-refractivity contribution in [3.63, 3.8) is 0 Å². The van der Waals surface area contributed by atoms with Gasteiger partial charge in [0, 0.05) is 30.6 Å². The second-order valence-electron chi connectivity index (χ2n) is 5.34. The third-order valence-corrected chi connectivity index (χ3v) is 3.07. The van der Waals surface area contributed by atoms with Crippen molar-refractivity contribution in [2.45, 2.75) is 33.1 Å². The molecule has 2 rings (SSSR count). The van der Waals surface area contributed by atoms with Gasteiger partial charge in [0.25, 0.3) is 0 Å². The average molecular weight is 250 g/mol. The lowest BCUT2D eigenvalue weighted by Crippen LogP contribution is -2.16. The summed E-state index contributed by atoms with van der Waals surface area (Å²) in [5.74, 6) is 0. The van der Waals surface area contributed by atoms with Gasteiger partial charge >= 0.3 is 0 Å². The van der Waals surface area contributed by atoms with Gasteiger partial charge < -0.3 is 4.98 Å². The maximum atomic E-state index is 5.36. The first-order valence-corrected chi connectivity index (χ1v) is 6.03. The van der Waals surface area contributed by atoms with E-state index < -0.39 is 0 Å².